The Labute approximate surface area is 201 Å². The largest absolute Gasteiger partial charge is 0.390 e. The van der Waals surface area contributed by atoms with Gasteiger partial charge in [0.25, 0.3) is 0 Å². The maximum atomic E-state index is 13.1. The zero-order valence-electron chi connectivity index (χ0n) is 20.3. The molecule has 3 N–H and O–H groups in total. The number of halogens is 1. The highest BCUT2D eigenvalue weighted by Crippen LogP contribution is 2.23. The quantitative estimate of drug-likeness (QED) is 0.473. The first-order valence-electron chi connectivity index (χ1n) is 12.0. The van der Waals surface area contributed by atoms with E-state index in [0.29, 0.717) is 23.7 Å². The lowest BCUT2D eigenvalue weighted by molar-refractivity contribution is 0.0539. The number of urea groups is 1. The first kappa shape index (κ1) is 25.8. The van der Waals surface area contributed by atoms with Crippen molar-refractivity contribution in [1.82, 2.24) is 10.2 Å². The molecule has 0 unspecified atom stereocenters. The molecule has 0 aromatic heterocycles. The number of nitrogens with one attached hydrogen (secondary N) is 2. The summed E-state index contributed by atoms with van der Waals surface area (Å²) in [7, 11) is 0. The summed E-state index contributed by atoms with van der Waals surface area (Å²) < 4.78 is 13.1. The molecule has 1 fully saturated rings. The van der Waals surface area contributed by atoms with Crippen LogP contribution in [0.4, 0.5) is 14.9 Å². The van der Waals surface area contributed by atoms with E-state index < -0.39 is 18.2 Å². The van der Waals surface area contributed by atoms with Gasteiger partial charge in [-0.1, -0.05) is 38.1 Å². The highest BCUT2D eigenvalue weighted by Gasteiger charge is 2.28. The molecule has 2 amide bonds. The van der Waals surface area contributed by atoms with Gasteiger partial charge in [-0.25, -0.2) is 9.18 Å². The van der Waals surface area contributed by atoms with Crippen molar-refractivity contribution in [3.8, 4) is 0 Å². The van der Waals surface area contributed by atoms with Crippen LogP contribution in [0.5, 0.6) is 0 Å². The first-order chi connectivity index (χ1) is 16.2. The fraction of sp³-hybridized carbons (Fsp3) is 0.481. The first-order valence-corrected chi connectivity index (χ1v) is 12.0. The number of aliphatic hydroxyl groups excluding tert-OH is 1. The van der Waals surface area contributed by atoms with Crippen LogP contribution in [0.15, 0.2) is 48.5 Å². The summed E-state index contributed by atoms with van der Waals surface area (Å²) in [6, 6.07) is 12.7. The molecule has 0 spiro atoms. The minimum Gasteiger partial charge on any atom is -0.390 e. The van der Waals surface area contributed by atoms with E-state index in [4.69, 9.17) is 0 Å². The van der Waals surface area contributed by atoms with Crippen molar-refractivity contribution in [2.24, 2.45) is 11.8 Å². The van der Waals surface area contributed by atoms with E-state index in [2.05, 4.69) is 15.5 Å². The van der Waals surface area contributed by atoms with Gasteiger partial charge < -0.3 is 20.6 Å². The van der Waals surface area contributed by atoms with Crippen LogP contribution in [0.1, 0.15) is 49.5 Å². The van der Waals surface area contributed by atoms with Crippen LogP contribution in [-0.4, -0.2) is 53.6 Å². The fourth-order valence-corrected chi connectivity index (χ4v) is 4.55. The van der Waals surface area contributed by atoms with Gasteiger partial charge in [0.1, 0.15) is 5.82 Å². The van der Waals surface area contributed by atoms with E-state index in [1.54, 1.807) is 24.3 Å². The lowest BCUT2D eigenvalue weighted by Crippen LogP contribution is -2.53. The van der Waals surface area contributed by atoms with Gasteiger partial charge in [-0.3, -0.25) is 4.79 Å². The number of amides is 2. The van der Waals surface area contributed by atoms with Crippen molar-refractivity contribution < 1.29 is 19.1 Å². The second-order valence-electron chi connectivity index (χ2n) is 9.65. The van der Waals surface area contributed by atoms with Crippen molar-refractivity contribution in [3.05, 3.63) is 65.5 Å². The summed E-state index contributed by atoms with van der Waals surface area (Å²) in [5.41, 5.74) is 2.22. The number of carbonyl (C=O) groups is 2. The van der Waals surface area contributed by atoms with E-state index in [1.807, 2.05) is 26.0 Å². The second-order valence-corrected chi connectivity index (χ2v) is 9.65. The van der Waals surface area contributed by atoms with Crippen LogP contribution in [0, 0.1) is 17.7 Å². The maximum Gasteiger partial charge on any atom is 0.319 e. The van der Waals surface area contributed by atoms with Gasteiger partial charge >= 0.3 is 6.03 Å². The number of Topliss-reactive ketones (excluding diaryl/α,β-unsaturated/α-hetero) is 1. The molecule has 2 aromatic rings. The maximum absolute atomic E-state index is 13.1. The Morgan fingerprint density at radius 1 is 1.12 bits per heavy atom. The van der Waals surface area contributed by atoms with Crippen LogP contribution < -0.4 is 10.6 Å². The topological polar surface area (TPSA) is 81.7 Å². The van der Waals surface area contributed by atoms with Crippen molar-refractivity contribution in [3.63, 3.8) is 0 Å². The predicted molar refractivity (Wildman–Crippen MR) is 133 cm³/mol. The van der Waals surface area contributed by atoms with Crippen LogP contribution in [0.2, 0.25) is 0 Å². The molecule has 184 valence electrons. The molecule has 2 atom stereocenters. The normalized spacial score (nSPS) is 16.8. The third-order valence-electron chi connectivity index (χ3n) is 6.55. The molecule has 1 saturated heterocycles. The molecule has 1 aliphatic heterocycles. The molecule has 0 saturated carbocycles. The number of likely N-dealkylation sites (tertiary alicyclic amines) is 1. The number of hydrogen-bond donors (Lipinski definition) is 3. The van der Waals surface area contributed by atoms with Crippen LogP contribution in [0.3, 0.4) is 0 Å². The van der Waals surface area contributed by atoms with Crippen LogP contribution in [0.25, 0.3) is 0 Å². The van der Waals surface area contributed by atoms with Crippen molar-refractivity contribution in [1.29, 1.82) is 0 Å². The van der Waals surface area contributed by atoms with Gasteiger partial charge in [0.2, 0.25) is 0 Å². The summed E-state index contributed by atoms with van der Waals surface area (Å²) in [6.45, 7) is 7.69. The Bertz CT molecular complexity index is 956. The minimum atomic E-state index is -0.706. The molecular formula is C27H36FN3O3. The van der Waals surface area contributed by atoms with Crippen molar-refractivity contribution >= 4 is 17.5 Å². The second kappa shape index (κ2) is 12.1. The summed E-state index contributed by atoms with van der Waals surface area (Å²) >= 11 is 0. The predicted octanol–water partition coefficient (Wildman–Crippen LogP) is 4.49. The highest BCUT2D eigenvalue weighted by molar-refractivity contribution is 5.96. The summed E-state index contributed by atoms with van der Waals surface area (Å²) in [5.74, 6) is 0.315. The lowest BCUT2D eigenvalue weighted by atomic mass is 9.89. The third-order valence-corrected chi connectivity index (χ3v) is 6.55. The number of anilines is 1. The number of ketones is 1. The molecular weight excluding hydrogens is 433 g/mol. The molecule has 7 heteroatoms. The molecule has 6 nitrogen and oxygen atoms in total. The summed E-state index contributed by atoms with van der Waals surface area (Å²) in [4.78, 5) is 26.4. The Morgan fingerprint density at radius 3 is 2.41 bits per heavy atom. The highest BCUT2D eigenvalue weighted by atomic mass is 19.1. The Kier molecular flexibility index (Phi) is 9.19. The molecule has 2 aromatic carbocycles. The number of hydrogen-bond acceptors (Lipinski definition) is 4. The number of carbonyl (C=O) groups excluding carboxylic acids is 2. The van der Waals surface area contributed by atoms with Gasteiger partial charge in [0.05, 0.1) is 12.1 Å². The number of benzene rings is 2. The average molecular weight is 470 g/mol. The standard InChI is InChI=1S/C27H36FN3O3/c1-18(2)26(30-27(34)29-24-6-4-5-22(16-24)19(3)32)25(33)17-31-13-11-21(12-14-31)15-20-7-9-23(28)10-8-20/h4-10,16,18,21,25-26,33H,11-15,17H2,1-3H3,(H2,29,30,34)/t25-,26-/m1/s1. The Morgan fingerprint density at radius 2 is 1.79 bits per heavy atom. The summed E-state index contributed by atoms with van der Waals surface area (Å²) in [5, 5.41) is 16.6. The zero-order valence-corrected chi connectivity index (χ0v) is 20.3. The zero-order chi connectivity index (χ0) is 24.7. The van der Waals surface area contributed by atoms with Gasteiger partial charge in [-0.15, -0.1) is 0 Å². The Balaban J connectivity index is 1.48. The van der Waals surface area contributed by atoms with Crippen LogP contribution in [-0.2, 0) is 6.42 Å². The fourth-order valence-electron chi connectivity index (χ4n) is 4.55. The van der Waals surface area contributed by atoms with E-state index in [9.17, 15) is 19.1 Å². The van der Waals surface area contributed by atoms with Gasteiger partial charge in [0, 0.05) is 17.8 Å². The monoisotopic (exact) mass is 469 g/mol. The average Bonchev–Trinajstić information content (AvgIpc) is 2.80. The molecule has 1 heterocycles. The SMILES string of the molecule is CC(=O)c1cccc(NC(=O)N[C@H](C(C)C)[C@H](O)CN2CCC(Cc3ccc(F)cc3)CC2)c1. The third kappa shape index (κ3) is 7.64. The number of piperidine rings is 1. The number of rotatable bonds is 9. The van der Waals surface area contributed by atoms with E-state index in [0.717, 1.165) is 37.9 Å². The minimum absolute atomic E-state index is 0.0420. The van der Waals surface area contributed by atoms with Crippen molar-refractivity contribution in [2.75, 3.05) is 25.0 Å². The number of β-amino-alcohol motifs (C(OH)–C–C–N with tert-alkyl or cyclic N) is 1. The molecule has 3 rings (SSSR count). The van der Waals surface area contributed by atoms with E-state index >= 15 is 0 Å². The van der Waals surface area contributed by atoms with E-state index in [-0.39, 0.29) is 17.5 Å². The molecule has 1 aliphatic rings. The Hall–Kier alpha value is -2.77. The van der Waals surface area contributed by atoms with Crippen molar-refractivity contribution in [2.45, 2.75) is 52.2 Å². The van der Waals surface area contributed by atoms with E-state index in [1.165, 1.54) is 19.1 Å². The molecule has 0 bridgehead atoms. The molecule has 0 radical (unpaired) electrons. The molecule has 34 heavy (non-hydrogen) atoms. The van der Waals surface area contributed by atoms with Gasteiger partial charge in [-0.2, -0.15) is 0 Å². The van der Waals surface area contributed by atoms with Crippen LogP contribution >= 0.6 is 0 Å². The summed E-state index contributed by atoms with van der Waals surface area (Å²) in [6.07, 6.45) is 2.29. The van der Waals surface area contributed by atoms with Gasteiger partial charge in [0.15, 0.2) is 5.78 Å². The number of nitrogens with zero attached hydrogens (tertiary/aromatic N) is 1. The number of aliphatic hydroxyl groups is 1. The smallest absolute Gasteiger partial charge is 0.319 e. The van der Waals surface area contributed by atoms with Gasteiger partial charge in [-0.05, 0) is 80.9 Å². The lowest BCUT2D eigenvalue weighted by Gasteiger charge is -2.36. The molecule has 0 aliphatic carbocycles.